The van der Waals surface area contributed by atoms with Gasteiger partial charge in [-0.05, 0) is 12.1 Å². The predicted octanol–water partition coefficient (Wildman–Crippen LogP) is 1.86. The van der Waals surface area contributed by atoms with E-state index in [1.165, 1.54) is 12.4 Å². The highest BCUT2D eigenvalue weighted by molar-refractivity contribution is 6.07. The highest BCUT2D eigenvalue weighted by atomic mass is 16.1. The first kappa shape index (κ1) is 12.0. The lowest BCUT2D eigenvalue weighted by atomic mass is 10.2. The summed E-state index contributed by atoms with van der Waals surface area (Å²) in [5.74, 6) is -0.170. The molecule has 0 aliphatic carbocycles. The van der Waals surface area contributed by atoms with Crippen molar-refractivity contribution in [2.24, 2.45) is 0 Å². The number of hydrogen-bond donors (Lipinski definition) is 2. The molecule has 6 nitrogen and oxygen atoms in total. The first-order valence-corrected chi connectivity index (χ1v) is 5.96. The van der Waals surface area contributed by atoms with Crippen LogP contribution in [0.25, 0.3) is 10.9 Å². The van der Waals surface area contributed by atoms with Gasteiger partial charge in [-0.1, -0.05) is 18.2 Å². The second kappa shape index (κ2) is 4.93. The number of nitrogens with two attached hydrogens (primary N) is 1. The Hall–Kier alpha value is -3.02. The fraction of sp³-hybridized carbons (Fsp3) is 0. The number of carbonyl (C=O) groups is 1. The van der Waals surface area contributed by atoms with E-state index in [2.05, 4.69) is 20.3 Å². The fourth-order valence-corrected chi connectivity index (χ4v) is 1.85. The Bertz CT molecular complexity index is 765. The number of aromatic nitrogens is 3. The van der Waals surface area contributed by atoms with E-state index in [0.29, 0.717) is 11.3 Å². The first-order valence-electron chi connectivity index (χ1n) is 5.96. The van der Waals surface area contributed by atoms with Crippen LogP contribution in [0.1, 0.15) is 10.4 Å². The summed E-state index contributed by atoms with van der Waals surface area (Å²) in [6.45, 7) is 0. The Morgan fingerprint density at radius 3 is 2.60 bits per heavy atom. The van der Waals surface area contributed by atoms with Crippen LogP contribution in [0.15, 0.2) is 48.9 Å². The molecule has 0 unspecified atom stereocenters. The van der Waals surface area contributed by atoms with Crippen molar-refractivity contribution in [3.8, 4) is 0 Å². The first-order chi connectivity index (χ1) is 9.74. The summed E-state index contributed by atoms with van der Waals surface area (Å²) in [5, 5.41) is 3.76. The smallest absolute Gasteiger partial charge is 0.258 e. The molecule has 6 heteroatoms. The standard InChI is InChI=1S/C14H11N5O/c15-14-17-7-10(8-18-14)13(20)19-11-5-1-3-9-4-2-6-16-12(9)11/h1-8H,(H,19,20)(H2,15,17,18). The minimum atomic E-state index is -0.303. The molecule has 2 heterocycles. The van der Waals surface area contributed by atoms with Crippen molar-refractivity contribution in [2.45, 2.75) is 0 Å². The molecule has 3 N–H and O–H groups in total. The number of nitrogen functional groups attached to an aromatic ring is 1. The maximum absolute atomic E-state index is 12.1. The molecule has 0 atom stereocenters. The maximum Gasteiger partial charge on any atom is 0.258 e. The monoisotopic (exact) mass is 265 g/mol. The Balaban J connectivity index is 1.93. The molecule has 98 valence electrons. The van der Waals surface area contributed by atoms with Gasteiger partial charge in [0.05, 0.1) is 16.8 Å². The van der Waals surface area contributed by atoms with Crippen LogP contribution in [0, 0.1) is 0 Å². The van der Waals surface area contributed by atoms with Gasteiger partial charge in [-0.3, -0.25) is 9.78 Å². The number of carbonyl (C=O) groups excluding carboxylic acids is 1. The summed E-state index contributed by atoms with van der Waals surface area (Å²) >= 11 is 0. The SMILES string of the molecule is Nc1ncc(C(=O)Nc2cccc3cccnc23)cn1. The van der Waals surface area contributed by atoms with Gasteiger partial charge >= 0.3 is 0 Å². The molecule has 0 radical (unpaired) electrons. The Morgan fingerprint density at radius 2 is 1.80 bits per heavy atom. The number of benzene rings is 1. The summed E-state index contributed by atoms with van der Waals surface area (Å²) in [4.78, 5) is 24.0. The van der Waals surface area contributed by atoms with Gasteiger partial charge in [-0.25, -0.2) is 9.97 Å². The van der Waals surface area contributed by atoms with Gasteiger partial charge in [0.1, 0.15) is 0 Å². The second-order valence-corrected chi connectivity index (χ2v) is 4.16. The molecule has 0 bridgehead atoms. The number of para-hydroxylation sites is 1. The third-order valence-electron chi connectivity index (χ3n) is 2.81. The largest absolute Gasteiger partial charge is 0.368 e. The molecule has 20 heavy (non-hydrogen) atoms. The van der Waals surface area contributed by atoms with Crippen molar-refractivity contribution >= 4 is 28.4 Å². The number of nitrogens with one attached hydrogen (secondary N) is 1. The highest BCUT2D eigenvalue weighted by Gasteiger charge is 2.09. The van der Waals surface area contributed by atoms with E-state index in [0.717, 1.165) is 10.9 Å². The van der Waals surface area contributed by atoms with Crippen LogP contribution >= 0.6 is 0 Å². The van der Waals surface area contributed by atoms with Crippen LogP contribution in [0.4, 0.5) is 11.6 Å². The van der Waals surface area contributed by atoms with E-state index < -0.39 is 0 Å². The van der Waals surface area contributed by atoms with Crippen LogP contribution in [0.2, 0.25) is 0 Å². The van der Waals surface area contributed by atoms with Crippen molar-refractivity contribution < 1.29 is 4.79 Å². The average Bonchev–Trinajstić information content (AvgIpc) is 2.48. The zero-order valence-corrected chi connectivity index (χ0v) is 10.4. The van der Waals surface area contributed by atoms with Gasteiger partial charge in [0.15, 0.2) is 0 Å². The van der Waals surface area contributed by atoms with Gasteiger partial charge < -0.3 is 11.1 Å². The molecule has 2 aromatic heterocycles. The molecule has 0 saturated heterocycles. The maximum atomic E-state index is 12.1. The highest BCUT2D eigenvalue weighted by Crippen LogP contribution is 2.21. The second-order valence-electron chi connectivity index (χ2n) is 4.16. The third kappa shape index (κ3) is 2.26. The Kier molecular flexibility index (Phi) is 2.96. The normalized spacial score (nSPS) is 10.4. The summed E-state index contributed by atoms with van der Waals surface area (Å²) in [6, 6.07) is 9.38. The van der Waals surface area contributed by atoms with Crippen molar-refractivity contribution in [3.05, 3.63) is 54.5 Å². The minimum absolute atomic E-state index is 0.133. The molecule has 0 aliphatic heterocycles. The molecular weight excluding hydrogens is 254 g/mol. The van der Waals surface area contributed by atoms with Crippen molar-refractivity contribution in [2.75, 3.05) is 11.1 Å². The van der Waals surface area contributed by atoms with Gasteiger partial charge in [0.25, 0.3) is 5.91 Å². The van der Waals surface area contributed by atoms with E-state index >= 15 is 0 Å². The molecule has 1 aromatic carbocycles. The molecule has 1 amide bonds. The van der Waals surface area contributed by atoms with Gasteiger partial charge in [0, 0.05) is 24.0 Å². The number of hydrogen-bond acceptors (Lipinski definition) is 5. The molecule has 0 aliphatic rings. The average molecular weight is 265 g/mol. The van der Waals surface area contributed by atoms with E-state index in [9.17, 15) is 4.79 Å². The minimum Gasteiger partial charge on any atom is -0.368 e. The van der Waals surface area contributed by atoms with Crippen molar-refractivity contribution in [1.29, 1.82) is 0 Å². The lowest BCUT2D eigenvalue weighted by molar-refractivity contribution is 0.102. The molecule has 0 fully saturated rings. The zero-order valence-electron chi connectivity index (χ0n) is 10.4. The van der Waals surface area contributed by atoms with E-state index in [-0.39, 0.29) is 11.9 Å². The Labute approximate surface area is 114 Å². The number of anilines is 2. The van der Waals surface area contributed by atoms with Crippen LogP contribution < -0.4 is 11.1 Å². The van der Waals surface area contributed by atoms with Crippen LogP contribution in [-0.4, -0.2) is 20.9 Å². The Morgan fingerprint density at radius 1 is 1.05 bits per heavy atom. The van der Waals surface area contributed by atoms with E-state index in [1.54, 1.807) is 12.3 Å². The number of fused-ring (bicyclic) bond motifs is 1. The number of pyridine rings is 1. The molecule has 0 saturated carbocycles. The predicted molar refractivity (Wildman–Crippen MR) is 76.1 cm³/mol. The van der Waals surface area contributed by atoms with Crippen LogP contribution in [-0.2, 0) is 0 Å². The van der Waals surface area contributed by atoms with Crippen LogP contribution in [0.5, 0.6) is 0 Å². The third-order valence-corrected chi connectivity index (χ3v) is 2.81. The topological polar surface area (TPSA) is 93.8 Å². The summed E-state index contributed by atoms with van der Waals surface area (Å²) in [6.07, 6.45) is 4.46. The number of rotatable bonds is 2. The quantitative estimate of drug-likeness (QED) is 0.737. The molecule has 0 spiro atoms. The lowest BCUT2D eigenvalue weighted by Crippen LogP contribution is -2.13. The van der Waals surface area contributed by atoms with Gasteiger partial charge in [-0.15, -0.1) is 0 Å². The van der Waals surface area contributed by atoms with Crippen molar-refractivity contribution in [3.63, 3.8) is 0 Å². The van der Waals surface area contributed by atoms with E-state index in [4.69, 9.17) is 5.73 Å². The fourth-order valence-electron chi connectivity index (χ4n) is 1.85. The molecule has 3 aromatic rings. The van der Waals surface area contributed by atoms with Gasteiger partial charge in [0.2, 0.25) is 5.95 Å². The summed E-state index contributed by atoms with van der Waals surface area (Å²) in [7, 11) is 0. The van der Waals surface area contributed by atoms with Crippen molar-refractivity contribution in [1.82, 2.24) is 15.0 Å². The summed E-state index contributed by atoms with van der Waals surface area (Å²) < 4.78 is 0. The van der Waals surface area contributed by atoms with Crippen LogP contribution in [0.3, 0.4) is 0 Å². The number of amides is 1. The zero-order chi connectivity index (χ0) is 13.9. The molecule has 3 rings (SSSR count). The lowest BCUT2D eigenvalue weighted by Gasteiger charge is -2.07. The molecular formula is C14H11N5O. The van der Waals surface area contributed by atoms with Gasteiger partial charge in [-0.2, -0.15) is 0 Å². The summed E-state index contributed by atoms with van der Waals surface area (Å²) in [5.41, 5.74) is 7.11. The number of nitrogens with zero attached hydrogens (tertiary/aromatic N) is 3. The van der Waals surface area contributed by atoms with E-state index in [1.807, 2.05) is 24.3 Å².